The molecule has 0 aliphatic heterocycles. The Morgan fingerprint density at radius 2 is 2.00 bits per heavy atom. The molecule has 0 aromatic heterocycles. The van der Waals surface area contributed by atoms with Gasteiger partial charge in [-0.05, 0) is 33.7 Å². The van der Waals surface area contributed by atoms with Gasteiger partial charge in [0.1, 0.15) is 0 Å². The van der Waals surface area contributed by atoms with Crippen LogP contribution in [0.3, 0.4) is 0 Å². The van der Waals surface area contributed by atoms with Crippen molar-refractivity contribution in [1.29, 1.82) is 0 Å². The zero-order valence-electron chi connectivity index (χ0n) is 8.25. The highest BCUT2D eigenvalue weighted by molar-refractivity contribution is 4.89. The van der Waals surface area contributed by atoms with Gasteiger partial charge in [-0.2, -0.15) is 0 Å². The van der Waals surface area contributed by atoms with Gasteiger partial charge in [-0.1, -0.05) is 0 Å². The van der Waals surface area contributed by atoms with Crippen LogP contribution in [0.5, 0.6) is 0 Å². The minimum absolute atomic E-state index is 0.388. The van der Waals surface area contributed by atoms with Crippen molar-refractivity contribution >= 4 is 0 Å². The monoisotopic (exact) mass is 172 g/mol. The summed E-state index contributed by atoms with van der Waals surface area (Å²) in [5, 5.41) is 9.55. The number of likely N-dealkylation sites (N-methyl/N-ethyl adjacent to an activating group) is 1. The zero-order valence-corrected chi connectivity index (χ0v) is 8.25. The molecule has 0 unspecified atom stereocenters. The molecule has 0 spiro atoms. The van der Waals surface area contributed by atoms with Gasteiger partial charge in [0.25, 0.3) is 0 Å². The Balaban J connectivity index is 2.25. The summed E-state index contributed by atoms with van der Waals surface area (Å²) in [6.07, 6.45) is 2.15. The van der Waals surface area contributed by atoms with E-state index in [1.165, 1.54) is 0 Å². The number of hydrogen-bond acceptors (Lipinski definition) is 3. The SMILES string of the molecule is CN(CC(C)(C)O)C1CC(N)C1. The molecule has 12 heavy (non-hydrogen) atoms. The number of hydrogen-bond donors (Lipinski definition) is 2. The van der Waals surface area contributed by atoms with Crippen LogP contribution in [-0.2, 0) is 0 Å². The van der Waals surface area contributed by atoms with Gasteiger partial charge < -0.3 is 15.7 Å². The molecule has 72 valence electrons. The van der Waals surface area contributed by atoms with E-state index >= 15 is 0 Å². The highest BCUT2D eigenvalue weighted by Gasteiger charge is 2.31. The van der Waals surface area contributed by atoms with Crippen LogP contribution >= 0.6 is 0 Å². The van der Waals surface area contributed by atoms with Crippen LogP contribution in [0.1, 0.15) is 26.7 Å². The van der Waals surface area contributed by atoms with Gasteiger partial charge >= 0.3 is 0 Å². The lowest BCUT2D eigenvalue weighted by molar-refractivity contribution is 0.0139. The fourth-order valence-corrected chi connectivity index (χ4v) is 1.73. The summed E-state index contributed by atoms with van der Waals surface area (Å²) >= 11 is 0. The van der Waals surface area contributed by atoms with Crippen molar-refractivity contribution in [2.24, 2.45) is 5.73 Å². The molecule has 0 heterocycles. The van der Waals surface area contributed by atoms with Crippen molar-refractivity contribution in [2.75, 3.05) is 13.6 Å². The Labute approximate surface area is 74.5 Å². The fourth-order valence-electron chi connectivity index (χ4n) is 1.73. The van der Waals surface area contributed by atoms with Crippen LogP contribution in [0, 0.1) is 0 Å². The van der Waals surface area contributed by atoms with Crippen LogP contribution in [0.25, 0.3) is 0 Å². The third kappa shape index (κ3) is 2.73. The van der Waals surface area contributed by atoms with E-state index in [4.69, 9.17) is 5.73 Å². The molecule has 1 rings (SSSR count). The smallest absolute Gasteiger partial charge is 0.0718 e. The lowest BCUT2D eigenvalue weighted by Crippen LogP contribution is -2.52. The van der Waals surface area contributed by atoms with Crippen LogP contribution in [0.2, 0.25) is 0 Å². The third-order valence-corrected chi connectivity index (χ3v) is 2.41. The van der Waals surface area contributed by atoms with Crippen molar-refractivity contribution in [3.05, 3.63) is 0 Å². The summed E-state index contributed by atoms with van der Waals surface area (Å²) in [4.78, 5) is 2.20. The van der Waals surface area contributed by atoms with E-state index in [9.17, 15) is 5.11 Å². The maximum Gasteiger partial charge on any atom is 0.0718 e. The van der Waals surface area contributed by atoms with Crippen LogP contribution in [0.4, 0.5) is 0 Å². The molecule has 3 heteroatoms. The molecule has 1 aliphatic rings. The number of nitrogens with zero attached hydrogens (tertiary/aromatic N) is 1. The van der Waals surface area contributed by atoms with Gasteiger partial charge in [0, 0.05) is 18.6 Å². The summed E-state index contributed by atoms with van der Waals surface area (Å²) in [6.45, 7) is 4.40. The first kappa shape index (κ1) is 9.96. The highest BCUT2D eigenvalue weighted by atomic mass is 16.3. The predicted molar refractivity (Wildman–Crippen MR) is 49.9 cm³/mol. The van der Waals surface area contributed by atoms with Gasteiger partial charge in [-0.3, -0.25) is 0 Å². The summed E-state index contributed by atoms with van der Waals surface area (Å²) in [5.74, 6) is 0. The predicted octanol–water partition coefficient (Wildman–Crippen LogP) is 0.179. The molecular formula is C9H20N2O. The number of rotatable bonds is 3. The number of aliphatic hydroxyl groups is 1. The van der Waals surface area contributed by atoms with E-state index in [0.29, 0.717) is 12.1 Å². The molecule has 1 saturated carbocycles. The minimum atomic E-state index is -0.589. The van der Waals surface area contributed by atoms with Gasteiger partial charge in [-0.25, -0.2) is 0 Å². The molecule has 0 atom stereocenters. The number of nitrogens with two attached hydrogens (primary N) is 1. The van der Waals surface area contributed by atoms with Crippen molar-refractivity contribution in [3.63, 3.8) is 0 Å². The van der Waals surface area contributed by atoms with E-state index in [2.05, 4.69) is 11.9 Å². The first-order valence-electron chi connectivity index (χ1n) is 4.57. The van der Waals surface area contributed by atoms with Crippen LogP contribution < -0.4 is 5.73 Å². The minimum Gasteiger partial charge on any atom is -0.389 e. The van der Waals surface area contributed by atoms with E-state index in [-0.39, 0.29) is 0 Å². The first-order valence-corrected chi connectivity index (χ1v) is 4.57. The molecular weight excluding hydrogens is 152 g/mol. The topological polar surface area (TPSA) is 49.5 Å². The molecule has 1 aliphatic carbocycles. The Bertz CT molecular complexity index is 147. The van der Waals surface area contributed by atoms with Crippen molar-refractivity contribution in [2.45, 2.75) is 44.4 Å². The molecule has 0 amide bonds. The maximum absolute atomic E-state index is 9.55. The Morgan fingerprint density at radius 1 is 1.50 bits per heavy atom. The van der Waals surface area contributed by atoms with Crippen molar-refractivity contribution in [1.82, 2.24) is 4.90 Å². The zero-order chi connectivity index (χ0) is 9.35. The van der Waals surface area contributed by atoms with Crippen molar-refractivity contribution < 1.29 is 5.11 Å². The van der Waals surface area contributed by atoms with Gasteiger partial charge in [0.15, 0.2) is 0 Å². The normalized spacial score (nSPS) is 30.5. The Hall–Kier alpha value is -0.120. The standard InChI is InChI=1S/C9H20N2O/c1-9(2,12)6-11(3)8-4-7(10)5-8/h7-8,12H,4-6,10H2,1-3H3. The lowest BCUT2D eigenvalue weighted by atomic mass is 9.86. The summed E-state index contributed by atoms with van der Waals surface area (Å²) in [6, 6.07) is 0.977. The van der Waals surface area contributed by atoms with Crippen LogP contribution in [0.15, 0.2) is 0 Å². The second kappa shape index (κ2) is 3.32. The molecule has 0 bridgehead atoms. The van der Waals surface area contributed by atoms with E-state index in [1.807, 2.05) is 13.8 Å². The van der Waals surface area contributed by atoms with Crippen LogP contribution in [-0.4, -0.2) is 41.3 Å². The van der Waals surface area contributed by atoms with Gasteiger partial charge in [0.05, 0.1) is 5.60 Å². The molecule has 0 aromatic rings. The maximum atomic E-state index is 9.55. The fraction of sp³-hybridized carbons (Fsp3) is 1.00. The largest absolute Gasteiger partial charge is 0.389 e. The summed E-state index contributed by atoms with van der Waals surface area (Å²) < 4.78 is 0. The molecule has 3 N–H and O–H groups in total. The third-order valence-electron chi connectivity index (χ3n) is 2.41. The first-order chi connectivity index (χ1) is 5.38. The summed E-state index contributed by atoms with van der Waals surface area (Å²) in [5.41, 5.74) is 5.09. The van der Waals surface area contributed by atoms with Gasteiger partial charge in [-0.15, -0.1) is 0 Å². The Morgan fingerprint density at radius 3 is 2.33 bits per heavy atom. The second-order valence-corrected chi connectivity index (χ2v) is 4.61. The molecule has 0 radical (unpaired) electrons. The Kier molecular flexibility index (Phi) is 2.76. The molecule has 0 saturated heterocycles. The average molecular weight is 172 g/mol. The lowest BCUT2D eigenvalue weighted by Gasteiger charge is -2.41. The van der Waals surface area contributed by atoms with E-state index in [0.717, 1.165) is 19.4 Å². The quantitative estimate of drug-likeness (QED) is 0.638. The second-order valence-electron chi connectivity index (χ2n) is 4.61. The van der Waals surface area contributed by atoms with Gasteiger partial charge in [0.2, 0.25) is 0 Å². The molecule has 1 fully saturated rings. The molecule has 3 nitrogen and oxygen atoms in total. The highest BCUT2D eigenvalue weighted by Crippen LogP contribution is 2.23. The average Bonchev–Trinajstić information content (AvgIpc) is 1.76. The van der Waals surface area contributed by atoms with E-state index < -0.39 is 5.60 Å². The molecule has 0 aromatic carbocycles. The van der Waals surface area contributed by atoms with E-state index in [1.54, 1.807) is 0 Å². The van der Waals surface area contributed by atoms with Crippen molar-refractivity contribution in [3.8, 4) is 0 Å². The summed E-state index contributed by atoms with van der Waals surface area (Å²) in [7, 11) is 2.05.